The number of carbonyl (C=O) groups excluding carboxylic acids is 2. The van der Waals surface area contributed by atoms with Crippen LogP contribution >= 0.6 is 0 Å². The number of carbonyl (C=O) groups is 2. The Hall–Kier alpha value is 0.940. The molecule has 25 heavy (non-hydrogen) atoms. The Kier molecular flexibility index (Phi) is 22.5. The molecule has 0 aliphatic carbocycles. The summed E-state index contributed by atoms with van der Waals surface area (Å²) < 4.78 is 0. The summed E-state index contributed by atoms with van der Waals surface area (Å²) in [5.74, 6) is -2.18. The molecule has 0 bridgehead atoms. The van der Waals surface area contributed by atoms with Crippen LogP contribution in [0.2, 0.25) is 0 Å². The van der Waals surface area contributed by atoms with Gasteiger partial charge in [0, 0.05) is 17.4 Å². The third-order valence-corrected chi connectivity index (χ3v) is 4.62. The van der Waals surface area contributed by atoms with E-state index < -0.39 is 23.8 Å². The van der Waals surface area contributed by atoms with Crippen molar-refractivity contribution in [1.29, 1.82) is 0 Å². The molecule has 0 heterocycles. The fourth-order valence-electron chi connectivity index (χ4n) is 3.02. The summed E-state index contributed by atoms with van der Waals surface area (Å²) in [4.78, 5) is 22.6. The summed E-state index contributed by atoms with van der Waals surface area (Å²) in [5, 5.41) is 22.6. The van der Waals surface area contributed by atoms with Crippen molar-refractivity contribution in [1.82, 2.24) is 0 Å². The van der Waals surface area contributed by atoms with Gasteiger partial charge in [-0.05, 0) is 25.2 Å². The quantitative estimate of drug-likeness (QED) is 0.225. The average molecular weight is 372 g/mol. The predicted octanol–water partition coefficient (Wildman–Crippen LogP) is -3.16. The predicted molar refractivity (Wildman–Crippen MR) is 88.4 cm³/mol. The van der Waals surface area contributed by atoms with E-state index in [4.69, 9.17) is 0 Å². The summed E-state index contributed by atoms with van der Waals surface area (Å²) in [6, 6.07) is 0. The normalized spacial score (nSPS) is 12.8. The molecule has 1 unspecified atom stereocenters. The van der Waals surface area contributed by atoms with Gasteiger partial charge in [-0.2, -0.15) is 0 Å². The van der Waals surface area contributed by atoms with Crippen molar-refractivity contribution in [3.8, 4) is 0 Å². The van der Waals surface area contributed by atoms with Crippen LogP contribution in [0.5, 0.6) is 0 Å². The first-order valence-electron chi connectivity index (χ1n) is 9.25. The second-order valence-corrected chi connectivity index (χ2v) is 7.27. The van der Waals surface area contributed by atoms with E-state index in [-0.39, 0.29) is 59.1 Å². The maximum atomic E-state index is 11.6. The van der Waals surface area contributed by atoms with Gasteiger partial charge in [0.25, 0.3) is 0 Å². The summed E-state index contributed by atoms with van der Waals surface area (Å²) in [6.07, 6.45) is 9.95. The van der Waals surface area contributed by atoms with Crippen LogP contribution in [-0.4, -0.2) is 11.9 Å². The molecule has 0 spiro atoms. The molecular formula is C19H34Na2O4. The van der Waals surface area contributed by atoms with E-state index in [1.165, 1.54) is 32.1 Å². The maximum Gasteiger partial charge on any atom is 1.00 e. The fourth-order valence-corrected chi connectivity index (χ4v) is 3.02. The van der Waals surface area contributed by atoms with E-state index >= 15 is 0 Å². The molecule has 0 aliphatic rings. The van der Waals surface area contributed by atoms with Crippen LogP contribution in [-0.2, 0) is 9.59 Å². The van der Waals surface area contributed by atoms with Crippen molar-refractivity contribution < 1.29 is 78.9 Å². The van der Waals surface area contributed by atoms with E-state index in [1.54, 1.807) is 0 Å². The Morgan fingerprint density at radius 3 is 1.72 bits per heavy atom. The Balaban J connectivity index is -0.00000242. The number of carboxylic acids is 2. The molecular weight excluding hydrogens is 338 g/mol. The van der Waals surface area contributed by atoms with Crippen LogP contribution < -0.4 is 69.3 Å². The van der Waals surface area contributed by atoms with Crippen LogP contribution in [0.4, 0.5) is 0 Å². The number of hydrogen-bond donors (Lipinski definition) is 0. The standard InChI is InChI=1S/C19H36O4.2Na/c1-4-5-6-7-8-9-10-11-13-19(18(22)23,15-17(20)21)14-12-16(2)3;;/h16H,4-15H2,1-3H3,(H,20,21)(H,22,23);;/q;2*+1/p-2. The van der Waals surface area contributed by atoms with Crippen molar-refractivity contribution in [2.75, 3.05) is 0 Å². The Bertz CT molecular complexity index is 348. The van der Waals surface area contributed by atoms with Crippen molar-refractivity contribution >= 4 is 11.9 Å². The van der Waals surface area contributed by atoms with Crippen LogP contribution in [0.1, 0.15) is 97.8 Å². The van der Waals surface area contributed by atoms with Crippen molar-refractivity contribution in [2.45, 2.75) is 97.8 Å². The maximum absolute atomic E-state index is 11.6. The zero-order valence-electron chi connectivity index (χ0n) is 17.2. The Labute approximate surface area is 198 Å². The molecule has 4 nitrogen and oxygen atoms in total. The van der Waals surface area contributed by atoms with Gasteiger partial charge in [0.05, 0.1) is 0 Å². The summed E-state index contributed by atoms with van der Waals surface area (Å²) >= 11 is 0. The molecule has 0 fully saturated rings. The summed E-state index contributed by atoms with van der Waals surface area (Å²) in [6.45, 7) is 6.21. The minimum atomic E-state index is -1.29. The smallest absolute Gasteiger partial charge is 0.550 e. The number of carboxylic acid groups (broad SMARTS) is 2. The van der Waals surface area contributed by atoms with Crippen molar-refractivity contribution in [2.24, 2.45) is 11.3 Å². The van der Waals surface area contributed by atoms with Crippen LogP contribution in [0, 0.1) is 11.3 Å². The van der Waals surface area contributed by atoms with E-state index in [1.807, 2.05) is 13.8 Å². The number of hydrogen-bond acceptors (Lipinski definition) is 4. The molecule has 136 valence electrons. The molecule has 0 N–H and O–H groups in total. The SMILES string of the molecule is CCCCCCCCCCC(CCC(C)C)(CC(=O)[O-])C(=O)[O-].[Na+].[Na+]. The number of aliphatic carboxylic acids is 2. The number of rotatable bonds is 15. The van der Waals surface area contributed by atoms with Gasteiger partial charge >= 0.3 is 59.1 Å². The largest absolute Gasteiger partial charge is 1.00 e. The Morgan fingerprint density at radius 1 is 0.840 bits per heavy atom. The van der Waals surface area contributed by atoms with Gasteiger partial charge in [-0.1, -0.05) is 78.6 Å². The first-order valence-corrected chi connectivity index (χ1v) is 9.25. The van der Waals surface area contributed by atoms with Gasteiger partial charge in [-0.25, -0.2) is 0 Å². The van der Waals surface area contributed by atoms with Gasteiger partial charge in [-0.15, -0.1) is 0 Å². The third kappa shape index (κ3) is 15.7. The first-order chi connectivity index (χ1) is 10.8. The Morgan fingerprint density at radius 2 is 1.32 bits per heavy atom. The summed E-state index contributed by atoms with van der Waals surface area (Å²) in [5.41, 5.74) is -1.26. The van der Waals surface area contributed by atoms with E-state index in [0.717, 1.165) is 19.3 Å². The van der Waals surface area contributed by atoms with Crippen LogP contribution in [0.3, 0.4) is 0 Å². The van der Waals surface area contributed by atoms with E-state index in [2.05, 4.69) is 6.92 Å². The number of unbranched alkanes of at least 4 members (excludes halogenated alkanes) is 7. The zero-order valence-corrected chi connectivity index (χ0v) is 21.2. The molecule has 0 rings (SSSR count). The molecule has 0 radical (unpaired) electrons. The van der Waals surface area contributed by atoms with Gasteiger partial charge < -0.3 is 19.8 Å². The molecule has 0 aromatic carbocycles. The molecule has 0 aromatic heterocycles. The van der Waals surface area contributed by atoms with E-state index in [9.17, 15) is 19.8 Å². The molecule has 6 heteroatoms. The van der Waals surface area contributed by atoms with Crippen LogP contribution in [0.25, 0.3) is 0 Å². The van der Waals surface area contributed by atoms with Gasteiger partial charge in [0.1, 0.15) is 0 Å². The zero-order chi connectivity index (χ0) is 17.7. The molecule has 0 aromatic rings. The van der Waals surface area contributed by atoms with Crippen molar-refractivity contribution in [3.63, 3.8) is 0 Å². The minimum absolute atomic E-state index is 0. The van der Waals surface area contributed by atoms with Crippen molar-refractivity contribution in [3.05, 3.63) is 0 Å². The second kappa shape index (κ2) is 18.3. The fraction of sp³-hybridized carbons (Fsp3) is 0.895. The van der Waals surface area contributed by atoms with Crippen LogP contribution in [0.15, 0.2) is 0 Å². The van der Waals surface area contributed by atoms with E-state index in [0.29, 0.717) is 25.2 Å². The van der Waals surface area contributed by atoms with Gasteiger partial charge in [0.15, 0.2) is 0 Å². The molecule has 0 saturated carbocycles. The topological polar surface area (TPSA) is 80.3 Å². The summed E-state index contributed by atoms with van der Waals surface area (Å²) in [7, 11) is 0. The third-order valence-electron chi connectivity index (χ3n) is 4.62. The van der Waals surface area contributed by atoms with Gasteiger partial charge in [-0.3, -0.25) is 0 Å². The minimum Gasteiger partial charge on any atom is -0.550 e. The molecule has 0 amide bonds. The molecule has 0 saturated heterocycles. The first kappa shape index (κ1) is 30.7. The molecule has 1 atom stereocenters. The molecule has 0 aliphatic heterocycles. The second-order valence-electron chi connectivity index (χ2n) is 7.27. The average Bonchev–Trinajstić information content (AvgIpc) is 2.46. The van der Waals surface area contributed by atoms with Gasteiger partial charge in [0.2, 0.25) is 0 Å². The monoisotopic (exact) mass is 372 g/mol.